The topological polar surface area (TPSA) is 77.7 Å². The monoisotopic (exact) mass is 483 g/mol. The molecule has 1 fully saturated rings. The first kappa shape index (κ1) is 21.9. The van der Waals surface area contributed by atoms with E-state index >= 15 is 0 Å². The quantitative estimate of drug-likeness (QED) is 0.397. The van der Waals surface area contributed by atoms with E-state index in [1.54, 1.807) is 0 Å². The lowest BCUT2D eigenvalue weighted by Gasteiger charge is -2.37. The fourth-order valence-electron chi connectivity index (χ4n) is 7.15. The Kier molecular flexibility index (Phi) is 4.18. The molecule has 0 aliphatic carbocycles. The lowest BCUT2D eigenvalue weighted by molar-refractivity contribution is -0.202. The van der Waals surface area contributed by atoms with Gasteiger partial charge in [-0.05, 0) is 44.0 Å². The number of hydrogen-bond donors (Lipinski definition) is 2. The Morgan fingerprint density at radius 3 is 2.81 bits per heavy atom. The van der Waals surface area contributed by atoms with Crippen molar-refractivity contribution in [1.29, 1.82) is 0 Å². The summed E-state index contributed by atoms with van der Waals surface area (Å²) < 4.78 is 16.1. The summed E-state index contributed by atoms with van der Waals surface area (Å²) in [5.74, 6) is -0.696. The second kappa shape index (κ2) is 6.88. The number of para-hydroxylation sites is 1. The largest absolute Gasteiger partial charge is 0.467 e. The van der Waals surface area contributed by atoms with Gasteiger partial charge in [-0.1, -0.05) is 36.9 Å². The number of methoxy groups -OCH3 is 1. The van der Waals surface area contributed by atoms with E-state index in [0.717, 1.165) is 50.5 Å². The van der Waals surface area contributed by atoms with Crippen LogP contribution in [-0.2, 0) is 26.5 Å². The normalized spacial score (nSPS) is 28.6. The van der Waals surface area contributed by atoms with E-state index in [0.29, 0.717) is 0 Å². The van der Waals surface area contributed by atoms with Gasteiger partial charge in [-0.15, -0.1) is 0 Å². The first-order valence-corrected chi connectivity index (χ1v) is 12.5. The summed E-state index contributed by atoms with van der Waals surface area (Å²) in [5, 5.41) is 19.1. The van der Waals surface area contributed by atoms with Crippen molar-refractivity contribution in [3.8, 4) is 0 Å². The second-order valence-electron chi connectivity index (χ2n) is 10.3. The molecule has 184 valence electrons. The molecule has 7 heteroatoms. The number of nitrogens with zero attached hydrogens (tertiary/aromatic N) is 2. The summed E-state index contributed by atoms with van der Waals surface area (Å²) in [5.41, 5.74) is 4.18. The van der Waals surface area contributed by atoms with Crippen LogP contribution in [0.1, 0.15) is 61.8 Å². The minimum Gasteiger partial charge on any atom is -0.467 e. The maximum atomic E-state index is 13.2. The Labute approximate surface area is 208 Å². The smallest absolute Gasteiger partial charge is 0.343 e. The maximum Gasteiger partial charge on any atom is 0.343 e. The third-order valence-electron chi connectivity index (χ3n) is 8.67. The molecular weight excluding hydrogens is 454 g/mol. The number of fused-ring (bicyclic) bond motifs is 10. The molecule has 4 atom stereocenters. The van der Waals surface area contributed by atoms with Gasteiger partial charge in [-0.25, -0.2) is 4.79 Å². The Hall–Kier alpha value is -3.39. The van der Waals surface area contributed by atoms with Crippen molar-refractivity contribution in [3.05, 3.63) is 59.3 Å². The number of esters is 1. The number of rotatable bonds is 3. The van der Waals surface area contributed by atoms with Crippen LogP contribution in [0.25, 0.3) is 44.9 Å². The Morgan fingerprint density at radius 2 is 2.08 bits per heavy atom. The number of nitrogens with one attached hydrogen (secondary N) is 1. The van der Waals surface area contributed by atoms with E-state index in [1.807, 2.05) is 44.2 Å². The number of aliphatic hydroxyl groups is 1. The molecule has 0 saturated carbocycles. The number of allylic oxidation sites excluding steroid dienone is 1. The molecule has 1 unspecified atom stereocenters. The number of carbonyl (C=O) groups is 1. The Bertz CT molecular complexity index is 1690. The predicted octanol–water partition coefficient (Wildman–Crippen LogP) is 5.10. The second-order valence-corrected chi connectivity index (χ2v) is 10.3. The van der Waals surface area contributed by atoms with Gasteiger partial charge in [0, 0.05) is 40.7 Å². The van der Waals surface area contributed by atoms with Crippen LogP contribution >= 0.6 is 0 Å². The minimum absolute atomic E-state index is 0.0689. The lowest BCUT2D eigenvalue weighted by Crippen LogP contribution is -2.56. The van der Waals surface area contributed by atoms with Crippen LogP contribution in [0, 0.1) is 0 Å². The van der Waals surface area contributed by atoms with Gasteiger partial charge in [0.1, 0.15) is 6.23 Å². The molecule has 2 bridgehead atoms. The molecule has 3 aliphatic heterocycles. The highest BCUT2D eigenvalue weighted by atomic mass is 16.6. The minimum atomic E-state index is -1.89. The van der Waals surface area contributed by atoms with Crippen LogP contribution in [-0.4, -0.2) is 32.9 Å². The fourth-order valence-corrected chi connectivity index (χ4v) is 7.15. The molecule has 5 heterocycles. The first-order chi connectivity index (χ1) is 17.3. The van der Waals surface area contributed by atoms with E-state index in [-0.39, 0.29) is 12.5 Å². The zero-order valence-corrected chi connectivity index (χ0v) is 20.9. The number of carbonyl (C=O) groups excluding carboxylic acids is 1. The molecule has 1 saturated heterocycles. The number of hydrogen-bond acceptors (Lipinski definition) is 5. The van der Waals surface area contributed by atoms with E-state index in [9.17, 15) is 9.90 Å². The van der Waals surface area contributed by atoms with Crippen molar-refractivity contribution in [2.24, 2.45) is 0 Å². The van der Waals surface area contributed by atoms with Crippen LogP contribution in [0.5, 0.6) is 0 Å². The van der Waals surface area contributed by atoms with Gasteiger partial charge >= 0.3 is 5.97 Å². The molecule has 36 heavy (non-hydrogen) atoms. The average Bonchev–Trinajstić information content (AvgIpc) is 3.56. The van der Waals surface area contributed by atoms with Crippen LogP contribution in [0.3, 0.4) is 0 Å². The average molecular weight is 484 g/mol. The van der Waals surface area contributed by atoms with Crippen LogP contribution in [0.4, 0.5) is 0 Å². The van der Waals surface area contributed by atoms with Gasteiger partial charge in [0.15, 0.2) is 5.72 Å². The van der Waals surface area contributed by atoms with E-state index in [4.69, 9.17) is 9.47 Å². The van der Waals surface area contributed by atoms with E-state index < -0.39 is 23.5 Å². The van der Waals surface area contributed by atoms with Crippen LogP contribution in [0.2, 0.25) is 0 Å². The van der Waals surface area contributed by atoms with Crippen molar-refractivity contribution in [2.75, 3.05) is 7.11 Å². The van der Waals surface area contributed by atoms with Gasteiger partial charge in [0.05, 0.1) is 29.4 Å². The summed E-state index contributed by atoms with van der Waals surface area (Å²) in [7, 11) is 1.31. The highest BCUT2D eigenvalue weighted by molar-refractivity contribution is 6.22. The van der Waals surface area contributed by atoms with Crippen LogP contribution < -0.4 is 5.32 Å². The van der Waals surface area contributed by atoms with Crippen molar-refractivity contribution in [1.82, 2.24) is 14.5 Å². The summed E-state index contributed by atoms with van der Waals surface area (Å²) in [6, 6.07) is 8.35. The van der Waals surface area contributed by atoms with Gasteiger partial charge in [0.25, 0.3) is 0 Å². The van der Waals surface area contributed by atoms with Crippen molar-refractivity contribution in [2.45, 2.75) is 57.3 Å². The lowest BCUT2D eigenvalue weighted by atomic mass is 9.88. The van der Waals surface area contributed by atoms with E-state index in [1.165, 1.54) is 18.2 Å². The molecule has 2 aromatic carbocycles. The third-order valence-corrected chi connectivity index (χ3v) is 8.67. The molecule has 0 amide bonds. The van der Waals surface area contributed by atoms with Gasteiger partial charge in [0.2, 0.25) is 5.60 Å². The third kappa shape index (κ3) is 2.19. The number of ether oxygens (including phenoxy) is 2. The zero-order valence-electron chi connectivity index (χ0n) is 20.9. The highest BCUT2D eigenvalue weighted by Gasteiger charge is 2.65. The fraction of sp³-hybridized carbons (Fsp3) is 0.345. The molecule has 4 aromatic rings. The predicted molar refractivity (Wildman–Crippen MR) is 140 cm³/mol. The highest BCUT2D eigenvalue weighted by Crippen LogP contribution is 2.58. The van der Waals surface area contributed by atoms with Gasteiger partial charge < -0.3 is 29.0 Å². The molecule has 2 N–H and O–H groups in total. The van der Waals surface area contributed by atoms with Crippen molar-refractivity contribution in [3.63, 3.8) is 0 Å². The number of benzene rings is 2. The molecule has 0 radical (unpaired) electrons. The first-order valence-electron chi connectivity index (χ1n) is 12.5. The molecule has 7 rings (SSSR count). The summed E-state index contributed by atoms with van der Waals surface area (Å²) in [4.78, 5) is 13.2. The molecule has 3 aliphatic rings. The standard InChI is InChI=1S/C29H29N3O4/c1-6-10-19-16(7-2)24-22-15(3)30-14-18(22)23-17-11-8-9-12-20(17)32-26(23)25(24)31(19)21-13-29(34,27(33)35-5)28(32,4)36-21/h6-12,15,21,30,34H,2,13-14H2,1,3-5H3/b10-6-/t15?,21-,28+,29+/m1/s1. The number of aromatic nitrogens is 2. The molecular formula is C29H29N3O4. The summed E-state index contributed by atoms with van der Waals surface area (Å²) in [6.45, 7) is 10.9. The summed E-state index contributed by atoms with van der Waals surface area (Å²) in [6.07, 6.45) is 5.48. The maximum absolute atomic E-state index is 13.2. The SMILES string of the molecule is C=Cc1c(/C=C\C)n2c3c1c1c(c4c5ccccc5n(c43)[C@@]3(C)O[C@@H]2C[C@]3(O)C(=O)OC)CNC1C. The van der Waals surface area contributed by atoms with Crippen LogP contribution in [0.15, 0.2) is 36.9 Å². The Morgan fingerprint density at radius 1 is 1.31 bits per heavy atom. The van der Waals surface area contributed by atoms with Crippen molar-refractivity contribution >= 4 is 50.8 Å². The van der Waals surface area contributed by atoms with Gasteiger partial charge in [-0.3, -0.25) is 0 Å². The molecule has 0 spiro atoms. The van der Waals surface area contributed by atoms with Gasteiger partial charge in [-0.2, -0.15) is 0 Å². The summed E-state index contributed by atoms with van der Waals surface area (Å²) >= 11 is 0. The van der Waals surface area contributed by atoms with E-state index in [2.05, 4.69) is 40.1 Å². The molecule has 2 aromatic heterocycles. The zero-order chi connectivity index (χ0) is 25.1. The van der Waals surface area contributed by atoms with Crippen molar-refractivity contribution < 1.29 is 19.4 Å². The molecule has 7 nitrogen and oxygen atoms in total. The Balaban J connectivity index is 1.83.